The monoisotopic (exact) mass is 299 g/mol. The Labute approximate surface area is 129 Å². The lowest BCUT2D eigenvalue weighted by Crippen LogP contribution is -2.29. The van der Waals surface area contributed by atoms with Crippen molar-refractivity contribution in [3.05, 3.63) is 54.6 Å². The van der Waals surface area contributed by atoms with Gasteiger partial charge in [-0.3, -0.25) is 9.69 Å². The van der Waals surface area contributed by atoms with Gasteiger partial charge in [-0.25, -0.2) is 4.79 Å². The molecule has 0 aliphatic rings. The Morgan fingerprint density at radius 3 is 2.05 bits per heavy atom. The van der Waals surface area contributed by atoms with Crippen LogP contribution >= 0.6 is 0 Å². The summed E-state index contributed by atoms with van der Waals surface area (Å²) in [5.41, 5.74) is 0.704. The molecule has 0 atom stereocenters. The lowest BCUT2D eigenvalue weighted by atomic mass is 10.3. The van der Waals surface area contributed by atoms with Gasteiger partial charge in [0.15, 0.2) is 11.5 Å². The number of amides is 1. The molecule has 0 saturated carbocycles. The van der Waals surface area contributed by atoms with Gasteiger partial charge in [-0.2, -0.15) is 0 Å². The highest BCUT2D eigenvalue weighted by Gasteiger charge is 2.16. The third kappa shape index (κ3) is 3.85. The Bertz CT molecular complexity index is 655. The fourth-order valence-corrected chi connectivity index (χ4v) is 1.73. The summed E-state index contributed by atoms with van der Waals surface area (Å²) in [7, 11) is 1.61. The van der Waals surface area contributed by atoms with Crippen LogP contribution in [-0.4, -0.2) is 19.1 Å². The zero-order chi connectivity index (χ0) is 15.9. The second-order valence-electron chi connectivity index (χ2n) is 4.54. The molecular weight excluding hydrogens is 282 g/mol. The van der Waals surface area contributed by atoms with Gasteiger partial charge in [0.05, 0.1) is 0 Å². The van der Waals surface area contributed by atoms with E-state index >= 15 is 0 Å². The van der Waals surface area contributed by atoms with E-state index in [0.29, 0.717) is 5.69 Å². The Hall–Kier alpha value is -2.82. The number of rotatable bonds is 4. The number of benzene rings is 2. The van der Waals surface area contributed by atoms with E-state index in [2.05, 4.69) is 0 Å². The summed E-state index contributed by atoms with van der Waals surface area (Å²) in [6, 6.07) is 15.7. The average molecular weight is 299 g/mol. The van der Waals surface area contributed by atoms with Crippen molar-refractivity contribution in [2.75, 3.05) is 11.9 Å². The van der Waals surface area contributed by atoms with E-state index in [9.17, 15) is 9.59 Å². The predicted octanol–water partition coefficient (Wildman–Crippen LogP) is 3.64. The molecule has 1 amide bonds. The molecule has 2 aromatic rings. The van der Waals surface area contributed by atoms with Crippen molar-refractivity contribution in [1.82, 2.24) is 0 Å². The number of esters is 1. The largest absolute Gasteiger partial charge is 0.423 e. The standard InChI is InChI=1S/C17H17NO4/c1-3-16(19)21-14-11-7-8-12-15(14)22-17(20)18(2)13-9-5-4-6-10-13/h4-12H,3H2,1-2H3. The number of carbonyl (C=O) groups excluding carboxylic acids is 2. The molecule has 0 aliphatic heterocycles. The molecule has 5 heteroatoms. The molecule has 0 heterocycles. The third-order valence-corrected chi connectivity index (χ3v) is 2.98. The van der Waals surface area contributed by atoms with Crippen molar-refractivity contribution >= 4 is 17.7 Å². The molecule has 0 bridgehead atoms. The number of hydrogen-bond donors (Lipinski definition) is 0. The maximum absolute atomic E-state index is 12.2. The Morgan fingerprint density at radius 2 is 1.45 bits per heavy atom. The maximum Gasteiger partial charge on any atom is 0.419 e. The number of para-hydroxylation sites is 3. The first-order valence-electron chi connectivity index (χ1n) is 6.92. The minimum Gasteiger partial charge on any atom is -0.423 e. The summed E-state index contributed by atoms with van der Waals surface area (Å²) in [5, 5.41) is 0. The van der Waals surface area contributed by atoms with E-state index in [0.717, 1.165) is 0 Å². The summed E-state index contributed by atoms with van der Waals surface area (Å²) in [6.07, 6.45) is -0.321. The van der Waals surface area contributed by atoms with E-state index in [1.54, 1.807) is 50.4 Å². The van der Waals surface area contributed by atoms with Gasteiger partial charge >= 0.3 is 12.1 Å². The molecule has 2 rings (SSSR count). The predicted molar refractivity (Wildman–Crippen MR) is 83.2 cm³/mol. The van der Waals surface area contributed by atoms with Crippen LogP contribution in [0.2, 0.25) is 0 Å². The third-order valence-electron chi connectivity index (χ3n) is 2.98. The zero-order valence-corrected chi connectivity index (χ0v) is 12.5. The summed E-state index contributed by atoms with van der Waals surface area (Å²) in [4.78, 5) is 25.0. The van der Waals surface area contributed by atoms with Crippen LogP contribution in [0.4, 0.5) is 10.5 Å². The van der Waals surface area contributed by atoms with Gasteiger partial charge < -0.3 is 9.47 Å². The first-order chi connectivity index (χ1) is 10.6. The first kappa shape index (κ1) is 15.6. The van der Waals surface area contributed by atoms with Gasteiger partial charge in [0, 0.05) is 19.2 Å². The van der Waals surface area contributed by atoms with Crippen LogP contribution < -0.4 is 14.4 Å². The van der Waals surface area contributed by atoms with E-state index in [1.807, 2.05) is 18.2 Å². The van der Waals surface area contributed by atoms with Crippen LogP contribution in [0, 0.1) is 0 Å². The Kier molecular flexibility index (Phi) is 5.14. The maximum atomic E-state index is 12.2. The Morgan fingerprint density at radius 1 is 0.909 bits per heavy atom. The van der Waals surface area contributed by atoms with Gasteiger partial charge in [0.1, 0.15) is 0 Å². The summed E-state index contributed by atoms with van der Waals surface area (Å²) in [5.74, 6) is 0.0427. The van der Waals surface area contributed by atoms with Gasteiger partial charge in [-0.05, 0) is 24.3 Å². The van der Waals surface area contributed by atoms with Crippen LogP contribution in [0.3, 0.4) is 0 Å². The van der Waals surface area contributed by atoms with Crippen LogP contribution in [0.5, 0.6) is 11.5 Å². The van der Waals surface area contributed by atoms with Gasteiger partial charge in [-0.15, -0.1) is 0 Å². The minimum atomic E-state index is -0.564. The molecule has 0 radical (unpaired) electrons. The number of hydrogen-bond acceptors (Lipinski definition) is 4. The quantitative estimate of drug-likeness (QED) is 0.639. The lowest BCUT2D eigenvalue weighted by molar-refractivity contribution is -0.134. The Balaban J connectivity index is 2.13. The van der Waals surface area contributed by atoms with Crippen molar-refractivity contribution < 1.29 is 19.1 Å². The number of ether oxygens (including phenoxy) is 2. The average Bonchev–Trinajstić information content (AvgIpc) is 2.56. The molecule has 2 aromatic carbocycles. The fraction of sp³-hybridized carbons (Fsp3) is 0.176. The second kappa shape index (κ2) is 7.26. The molecular formula is C17H17NO4. The van der Waals surface area contributed by atoms with Crippen molar-refractivity contribution in [2.45, 2.75) is 13.3 Å². The molecule has 5 nitrogen and oxygen atoms in total. The van der Waals surface area contributed by atoms with E-state index in [4.69, 9.17) is 9.47 Å². The molecule has 114 valence electrons. The van der Waals surface area contributed by atoms with Crippen molar-refractivity contribution in [1.29, 1.82) is 0 Å². The molecule has 0 saturated heterocycles. The molecule has 0 aliphatic carbocycles. The van der Waals surface area contributed by atoms with Crippen LogP contribution in [-0.2, 0) is 4.79 Å². The number of anilines is 1. The normalized spacial score (nSPS) is 9.91. The van der Waals surface area contributed by atoms with E-state index in [1.165, 1.54) is 4.90 Å². The summed E-state index contributed by atoms with van der Waals surface area (Å²) in [6.45, 7) is 1.69. The lowest BCUT2D eigenvalue weighted by Gasteiger charge is -2.17. The van der Waals surface area contributed by atoms with Gasteiger partial charge in [0.2, 0.25) is 0 Å². The second-order valence-corrected chi connectivity index (χ2v) is 4.54. The van der Waals surface area contributed by atoms with Crippen LogP contribution in [0.25, 0.3) is 0 Å². The first-order valence-corrected chi connectivity index (χ1v) is 6.92. The van der Waals surface area contributed by atoms with Gasteiger partial charge in [-0.1, -0.05) is 37.3 Å². The van der Waals surface area contributed by atoms with Gasteiger partial charge in [0.25, 0.3) is 0 Å². The van der Waals surface area contributed by atoms with E-state index in [-0.39, 0.29) is 23.9 Å². The highest BCUT2D eigenvalue weighted by molar-refractivity contribution is 5.89. The smallest absolute Gasteiger partial charge is 0.419 e. The molecule has 0 spiro atoms. The highest BCUT2D eigenvalue weighted by atomic mass is 16.6. The zero-order valence-electron chi connectivity index (χ0n) is 12.5. The molecule has 22 heavy (non-hydrogen) atoms. The van der Waals surface area contributed by atoms with Crippen molar-refractivity contribution in [3.63, 3.8) is 0 Å². The summed E-state index contributed by atoms with van der Waals surface area (Å²) < 4.78 is 10.5. The molecule has 0 fully saturated rings. The van der Waals surface area contributed by atoms with E-state index < -0.39 is 6.09 Å². The highest BCUT2D eigenvalue weighted by Crippen LogP contribution is 2.27. The molecule has 0 aromatic heterocycles. The topological polar surface area (TPSA) is 55.8 Å². The summed E-state index contributed by atoms with van der Waals surface area (Å²) >= 11 is 0. The minimum absolute atomic E-state index is 0.206. The van der Waals surface area contributed by atoms with Crippen LogP contribution in [0.15, 0.2) is 54.6 Å². The molecule has 0 N–H and O–H groups in total. The van der Waals surface area contributed by atoms with Crippen LogP contribution in [0.1, 0.15) is 13.3 Å². The van der Waals surface area contributed by atoms with Crippen molar-refractivity contribution in [2.24, 2.45) is 0 Å². The van der Waals surface area contributed by atoms with Crippen molar-refractivity contribution in [3.8, 4) is 11.5 Å². The molecule has 0 unspecified atom stereocenters. The SMILES string of the molecule is CCC(=O)Oc1ccccc1OC(=O)N(C)c1ccccc1. The number of nitrogens with zero attached hydrogens (tertiary/aromatic N) is 1. The fourth-order valence-electron chi connectivity index (χ4n) is 1.73. The number of carbonyl (C=O) groups is 2.